The minimum atomic E-state index is 0.243. The number of thioether (sulfide) groups is 1. The molecule has 0 aliphatic carbocycles. The summed E-state index contributed by atoms with van der Waals surface area (Å²) in [6.07, 6.45) is 1.34. The molecule has 11 heavy (non-hydrogen) atoms. The highest BCUT2D eigenvalue weighted by Gasteiger charge is 2.54. The van der Waals surface area contributed by atoms with Crippen molar-refractivity contribution in [1.82, 2.24) is 0 Å². The Morgan fingerprint density at radius 3 is 2.36 bits per heavy atom. The van der Waals surface area contributed by atoms with Crippen LogP contribution in [0, 0.1) is 5.92 Å². The van der Waals surface area contributed by atoms with E-state index in [0.717, 1.165) is 12.5 Å². The molecule has 2 rings (SSSR count). The summed E-state index contributed by atoms with van der Waals surface area (Å²) in [6, 6.07) is 0. The summed E-state index contributed by atoms with van der Waals surface area (Å²) in [5.74, 6) is 2.09. The van der Waals surface area contributed by atoms with Crippen molar-refractivity contribution in [3.05, 3.63) is 0 Å². The van der Waals surface area contributed by atoms with E-state index in [0.29, 0.717) is 4.75 Å². The molecule has 0 aromatic heterocycles. The van der Waals surface area contributed by atoms with Gasteiger partial charge in [-0.25, -0.2) is 0 Å². The Morgan fingerprint density at radius 2 is 2.00 bits per heavy atom. The van der Waals surface area contributed by atoms with Crippen molar-refractivity contribution < 1.29 is 4.74 Å². The lowest BCUT2D eigenvalue weighted by molar-refractivity contribution is 0.209. The molecular formula is C9H16OS. The van der Waals surface area contributed by atoms with E-state index in [1.807, 2.05) is 0 Å². The molecule has 0 bridgehead atoms. The van der Waals surface area contributed by atoms with Gasteiger partial charge in [0, 0.05) is 10.7 Å². The molecular weight excluding hydrogens is 156 g/mol. The third kappa shape index (κ3) is 1.20. The average molecular weight is 172 g/mol. The Bertz CT molecular complexity index is 172. The minimum absolute atomic E-state index is 0.243. The second-order valence-electron chi connectivity index (χ2n) is 4.39. The number of hydrogen-bond donors (Lipinski definition) is 0. The molecule has 0 N–H and O–H groups in total. The molecule has 2 unspecified atom stereocenters. The van der Waals surface area contributed by atoms with Gasteiger partial charge in [0.2, 0.25) is 0 Å². The number of epoxide rings is 1. The van der Waals surface area contributed by atoms with E-state index in [1.165, 1.54) is 12.2 Å². The molecule has 0 aromatic carbocycles. The molecule has 64 valence electrons. The van der Waals surface area contributed by atoms with E-state index in [-0.39, 0.29) is 5.60 Å². The summed E-state index contributed by atoms with van der Waals surface area (Å²) < 4.78 is 5.95. The second kappa shape index (κ2) is 2.17. The predicted octanol–water partition coefficient (Wildman–Crippen LogP) is 2.31. The number of rotatable bonds is 1. The Kier molecular flexibility index (Phi) is 1.56. The van der Waals surface area contributed by atoms with Crippen molar-refractivity contribution >= 4 is 11.8 Å². The van der Waals surface area contributed by atoms with E-state index in [2.05, 4.69) is 32.5 Å². The molecule has 0 spiro atoms. The smallest absolute Gasteiger partial charge is 0.0929 e. The highest BCUT2D eigenvalue weighted by Crippen LogP contribution is 2.52. The largest absolute Gasteiger partial charge is 0.370 e. The first-order valence-electron chi connectivity index (χ1n) is 4.32. The molecule has 0 amide bonds. The summed E-state index contributed by atoms with van der Waals surface area (Å²) in [5, 5.41) is 0. The zero-order valence-electron chi connectivity index (χ0n) is 7.52. The lowest BCUT2D eigenvalue weighted by Gasteiger charge is -2.28. The molecule has 2 saturated heterocycles. The van der Waals surface area contributed by atoms with Crippen LogP contribution < -0.4 is 0 Å². The molecule has 2 aliphatic rings. The van der Waals surface area contributed by atoms with Crippen LogP contribution in [0.5, 0.6) is 0 Å². The SMILES string of the molecule is CC1(C2CCSC2(C)C)CO1. The summed E-state index contributed by atoms with van der Waals surface area (Å²) in [7, 11) is 0. The maximum absolute atomic E-state index is 5.50. The van der Waals surface area contributed by atoms with Crippen LogP contribution >= 0.6 is 11.8 Å². The third-order valence-electron chi connectivity index (χ3n) is 3.06. The lowest BCUT2D eigenvalue weighted by atomic mass is 9.82. The van der Waals surface area contributed by atoms with Gasteiger partial charge in [0.25, 0.3) is 0 Å². The molecule has 0 saturated carbocycles. The van der Waals surface area contributed by atoms with Gasteiger partial charge in [-0.1, -0.05) is 13.8 Å². The molecule has 0 radical (unpaired) electrons. The van der Waals surface area contributed by atoms with Crippen molar-refractivity contribution in [2.75, 3.05) is 12.4 Å². The van der Waals surface area contributed by atoms with Crippen LogP contribution in [0.15, 0.2) is 0 Å². The standard InChI is InChI=1S/C9H16OS/c1-8(2)7(4-5-11-8)9(3)6-10-9/h7H,4-6H2,1-3H3. The Balaban J connectivity index is 2.13. The van der Waals surface area contributed by atoms with E-state index in [9.17, 15) is 0 Å². The molecule has 2 heteroatoms. The fourth-order valence-electron chi connectivity index (χ4n) is 2.24. The Morgan fingerprint density at radius 1 is 1.36 bits per heavy atom. The fraction of sp³-hybridized carbons (Fsp3) is 1.00. The zero-order valence-corrected chi connectivity index (χ0v) is 8.33. The summed E-state index contributed by atoms with van der Waals surface area (Å²) in [6.45, 7) is 7.94. The number of ether oxygens (including phenoxy) is 1. The molecule has 2 fully saturated rings. The summed E-state index contributed by atoms with van der Waals surface area (Å²) in [4.78, 5) is 0. The Labute approximate surface area is 72.9 Å². The van der Waals surface area contributed by atoms with Gasteiger partial charge in [0.15, 0.2) is 0 Å². The third-order valence-corrected chi connectivity index (χ3v) is 4.52. The van der Waals surface area contributed by atoms with Crippen LogP contribution in [-0.2, 0) is 4.74 Å². The Hall–Kier alpha value is 0.310. The van der Waals surface area contributed by atoms with E-state index in [1.54, 1.807) is 0 Å². The van der Waals surface area contributed by atoms with Gasteiger partial charge in [-0.2, -0.15) is 11.8 Å². The maximum atomic E-state index is 5.50. The van der Waals surface area contributed by atoms with Gasteiger partial charge < -0.3 is 4.74 Å². The lowest BCUT2D eigenvalue weighted by Crippen LogP contribution is -2.33. The van der Waals surface area contributed by atoms with Crippen LogP contribution in [0.4, 0.5) is 0 Å². The van der Waals surface area contributed by atoms with Gasteiger partial charge in [-0.15, -0.1) is 0 Å². The van der Waals surface area contributed by atoms with Crippen molar-refractivity contribution in [3.8, 4) is 0 Å². The quantitative estimate of drug-likeness (QED) is 0.563. The van der Waals surface area contributed by atoms with Gasteiger partial charge in [0.05, 0.1) is 12.2 Å². The molecule has 2 aliphatic heterocycles. The normalized spacial score (nSPS) is 47.7. The van der Waals surface area contributed by atoms with Gasteiger partial charge in [-0.3, -0.25) is 0 Å². The molecule has 2 heterocycles. The average Bonchev–Trinajstić information content (AvgIpc) is 2.50. The van der Waals surface area contributed by atoms with Crippen LogP contribution in [0.2, 0.25) is 0 Å². The number of hydrogen-bond acceptors (Lipinski definition) is 2. The van der Waals surface area contributed by atoms with E-state index in [4.69, 9.17) is 4.74 Å². The summed E-state index contributed by atoms with van der Waals surface area (Å²) >= 11 is 2.09. The predicted molar refractivity (Wildman–Crippen MR) is 49.0 cm³/mol. The highest BCUT2D eigenvalue weighted by molar-refractivity contribution is 8.00. The highest BCUT2D eigenvalue weighted by atomic mass is 32.2. The van der Waals surface area contributed by atoms with Crippen LogP contribution in [-0.4, -0.2) is 22.7 Å². The maximum Gasteiger partial charge on any atom is 0.0929 e. The minimum Gasteiger partial charge on any atom is -0.370 e. The van der Waals surface area contributed by atoms with Crippen LogP contribution in [0.3, 0.4) is 0 Å². The first kappa shape index (κ1) is 7.93. The van der Waals surface area contributed by atoms with Crippen molar-refractivity contribution in [2.45, 2.75) is 37.5 Å². The second-order valence-corrected chi connectivity index (χ2v) is 6.14. The first-order valence-corrected chi connectivity index (χ1v) is 5.31. The van der Waals surface area contributed by atoms with Crippen LogP contribution in [0.25, 0.3) is 0 Å². The topological polar surface area (TPSA) is 12.5 Å². The van der Waals surface area contributed by atoms with E-state index < -0.39 is 0 Å². The van der Waals surface area contributed by atoms with Gasteiger partial charge >= 0.3 is 0 Å². The first-order chi connectivity index (χ1) is 5.05. The van der Waals surface area contributed by atoms with Crippen molar-refractivity contribution in [2.24, 2.45) is 5.92 Å². The van der Waals surface area contributed by atoms with Gasteiger partial charge in [0.1, 0.15) is 0 Å². The van der Waals surface area contributed by atoms with Crippen LogP contribution in [0.1, 0.15) is 27.2 Å². The van der Waals surface area contributed by atoms with Gasteiger partial charge in [-0.05, 0) is 19.1 Å². The monoisotopic (exact) mass is 172 g/mol. The molecule has 1 nitrogen and oxygen atoms in total. The van der Waals surface area contributed by atoms with E-state index >= 15 is 0 Å². The molecule has 0 aromatic rings. The zero-order chi connectivity index (χ0) is 8.11. The fourth-order valence-corrected chi connectivity index (χ4v) is 3.69. The summed E-state index contributed by atoms with van der Waals surface area (Å²) in [5.41, 5.74) is 0.243. The van der Waals surface area contributed by atoms with Crippen molar-refractivity contribution in [3.63, 3.8) is 0 Å². The van der Waals surface area contributed by atoms with Crippen molar-refractivity contribution in [1.29, 1.82) is 0 Å². The molecule has 2 atom stereocenters.